The van der Waals surface area contributed by atoms with Crippen LogP contribution in [0.5, 0.6) is 0 Å². The van der Waals surface area contributed by atoms with Crippen LogP contribution in [0.4, 0.5) is 0 Å². The van der Waals surface area contributed by atoms with Crippen molar-refractivity contribution in [1.29, 1.82) is 0 Å². The molecule has 0 saturated carbocycles. The molecule has 0 aliphatic carbocycles. The Labute approximate surface area is 107 Å². The van der Waals surface area contributed by atoms with Gasteiger partial charge in [-0.25, -0.2) is 0 Å². The van der Waals surface area contributed by atoms with Gasteiger partial charge >= 0.3 is 0 Å². The Morgan fingerprint density at radius 1 is 1.29 bits per heavy atom. The number of aliphatic hydroxyl groups is 1. The van der Waals surface area contributed by atoms with Crippen molar-refractivity contribution < 1.29 is 5.11 Å². The molecular weight excluding hydrogens is 212 g/mol. The highest BCUT2D eigenvalue weighted by molar-refractivity contribution is 4.79. The summed E-state index contributed by atoms with van der Waals surface area (Å²) in [5, 5.41) is 12.6. The van der Waals surface area contributed by atoms with Crippen LogP contribution >= 0.6 is 0 Å². The molecule has 2 N–H and O–H groups in total. The molecule has 2 unspecified atom stereocenters. The van der Waals surface area contributed by atoms with Crippen molar-refractivity contribution in [2.45, 2.75) is 64.5 Å². The van der Waals surface area contributed by atoms with Crippen LogP contribution in [0.15, 0.2) is 0 Å². The number of aliphatic hydroxyl groups excluding tert-OH is 1. The van der Waals surface area contributed by atoms with Gasteiger partial charge < -0.3 is 10.4 Å². The van der Waals surface area contributed by atoms with Crippen molar-refractivity contribution in [3.05, 3.63) is 0 Å². The fraction of sp³-hybridized carbons (Fsp3) is 1.00. The first-order valence-electron chi connectivity index (χ1n) is 7.40. The summed E-state index contributed by atoms with van der Waals surface area (Å²) in [6, 6.07) is 1.22. The highest BCUT2D eigenvalue weighted by atomic mass is 16.3. The van der Waals surface area contributed by atoms with Crippen LogP contribution in [-0.4, -0.2) is 48.3 Å². The smallest absolute Gasteiger partial charge is 0.0446 e. The van der Waals surface area contributed by atoms with E-state index in [1.165, 1.54) is 38.6 Å². The van der Waals surface area contributed by atoms with Crippen molar-refractivity contribution in [2.24, 2.45) is 0 Å². The third-order valence-corrected chi connectivity index (χ3v) is 3.90. The number of likely N-dealkylation sites (N-methyl/N-ethyl adjacent to an activating group) is 1. The standard InChI is InChI=1S/C14H30N2O/c1-3-14-8-6-5-7-10-16(14)12-13(9-11-17)15-4-2/h13-15,17H,3-12H2,1-2H3. The van der Waals surface area contributed by atoms with Crippen molar-refractivity contribution in [2.75, 3.05) is 26.2 Å². The Bertz CT molecular complexity index is 181. The Hall–Kier alpha value is -0.120. The number of likely N-dealkylation sites (tertiary alicyclic amines) is 1. The van der Waals surface area contributed by atoms with E-state index in [0.717, 1.165) is 25.6 Å². The number of hydrogen-bond acceptors (Lipinski definition) is 3. The van der Waals surface area contributed by atoms with E-state index in [9.17, 15) is 0 Å². The summed E-state index contributed by atoms with van der Waals surface area (Å²) in [4.78, 5) is 2.65. The third-order valence-electron chi connectivity index (χ3n) is 3.90. The van der Waals surface area contributed by atoms with Crippen LogP contribution in [0.2, 0.25) is 0 Å². The molecule has 0 aromatic rings. The first-order valence-corrected chi connectivity index (χ1v) is 7.40. The first kappa shape index (κ1) is 14.9. The molecule has 0 aromatic carbocycles. The van der Waals surface area contributed by atoms with Gasteiger partial charge in [-0.15, -0.1) is 0 Å². The minimum absolute atomic E-state index is 0.294. The lowest BCUT2D eigenvalue weighted by Gasteiger charge is -2.32. The highest BCUT2D eigenvalue weighted by Crippen LogP contribution is 2.19. The molecule has 1 saturated heterocycles. The second-order valence-corrected chi connectivity index (χ2v) is 5.17. The van der Waals surface area contributed by atoms with Crippen LogP contribution in [0, 0.1) is 0 Å². The van der Waals surface area contributed by atoms with E-state index in [2.05, 4.69) is 24.1 Å². The Morgan fingerprint density at radius 2 is 2.12 bits per heavy atom. The van der Waals surface area contributed by atoms with Crippen molar-refractivity contribution in [1.82, 2.24) is 10.2 Å². The van der Waals surface area contributed by atoms with Gasteiger partial charge in [0.25, 0.3) is 0 Å². The molecule has 1 fully saturated rings. The quantitative estimate of drug-likeness (QED) is 0.717. The topological polar surface area (TPSA) is 35.5 Å². The van der Waals surface area contributed by atoms with Crippen LogP contribution < -0.4 is 5.32 Å². The van der Waals surface area contributed by atoms with E-state index < -0.39 is 0 Å². The molecule has 0 spiro atoms. The van der Waals surface area contributed by atoms with E-state index in [1.54, 1.807) is 0 Å². The van der Waals surface area contributed by atoms with E-state index in [0.29, 0.717) is 12.6 Å². The third kappa shape index (κ3) is 5.36. The number of rotatable bonds is 7. The van der Waals surface area contributed by atoms with Crippen molar-refractivity contribution in [3.63, 3.8) is 0 Å². The molecule has 1 aliphatic rings. The molecule has 1 rings (SSSR count). The minimum Gasteiger partial charge on any atom is -0.396 e. The summed E-state index contributed by atoms with van der Waals surface area (Å²) < 4.78 is 0. The lowest BCUT2D eigenvalue weighted by Crippen LogP contribution is -2.45. The average molecular weight is 242 g/mol. The summed E-state index contributed by atoms with van der Waals surface area (Å²) in [6.45, 7) is 8.08. The monoisotopic (exact) mass is 242 g/mol. The second kappa shape index (κ2) is 8.90. The zero-order valence-electron chi connectivity index (χ0n) is 11.6. The second-order valence-electron chi connectivity index (χ2n) is 5.17. The fourth-order valence-corrected chi connectivity index (χ4v) is 2.92. The molecule has 0 bridgehead atoms. The zero-order valence-corrected chi connectivity index (χ0v) is 11.6. The van der Waals surface area contributed by atoms with Crippen molar-refractivity contribution >= 4 is 0 Å². The largest absolute Gasteiger partial charge is 0.396 e. The van der Waals surface area contributed by atoms with Crippen molar-refractivity contribution in [3.8, 4) is 0 Å². The maximum atomic E-state index is 9.11. The normalized spacial score (nSPS) is 24.5. The predicted octanol–water partition coefficient (Wildman–Crippen LogP) is 2.00. The highest BCUT2D eigenvalue weighted by Gasteiger charge is 2.21. The molecule has 0 radical (unpaired) electrons. The average Bonchev–Trinajstić information content (AvgIpc) is 2.55. The maximum absolute atomic E-state index is 9.11. The Morgan fingerprint density at radius 3 is 2.76 bits per heavy atom. The minimum atomic E-state index is 0.294. The number of nitrogens with one attached hydrogen (secondary N) is 1. The van der Waals surface area contributed by atoms with Crippen LogP contribution in [0.3, 0.4) is 0 Å². The molecule has 1 heterocycles. The zero-order chi connectivity index (χ0) is 12.5. The van der Waals surface area contributed by atoms with E-state index >= 15 is 0 Å². The van der Waals surface area contributed by atoms with Gasteiger partial charge in [-0.3, -0.25) is 4.90 Å². The summed E-state index contributed by atoms with van der Waals surface area (Å²) in [6.07, 6.45) is 7.61. The van der Waals surface area contributed by atoms with Gasteiger partial charge in [-0.05, 0) is 38.8 Å². The van der Waals surface area contributed by atoms with Gasteiger partial charge in [-0.1, -0.05) is 26.7 Å². The van der Waals surface area contributed by atoms with Gasteiger partial charge in [0.05, 0.1) is 0 Å². The summed E-state index contributed by atoms with van der Waals surface area (Å²) >= 11 is 0. The lowest BCUT2D eigenvalue weighted by atomic mass is 10.1. The summed E-state index contributed by atoms with van der Waals surface area (Å²) in [5.74, 6) is 0. The van der Waals surface area contributed by atoms with Crippen LogP contribution in [0.25, 0.3) is 0 Å². The van der Waals surface area contributed by atoms with Gasteiger partial charge in [0.2, 0.25) is 0 Å². The van der Waals surface area contributed by atoms with E-state index in [1.807, 2.05) is 0 Å². The van der Waals surface area contributed by atoms with Crippen LogP contribution in [0.1, 0.15) is 52.4 Å². The van der Waals surface area contributed by atoms with Gasteiger partial charge in [0, 0.05) is 25.2 Å². The SMILES string of the molecule is CCNC(CCO)CN1CCCCCC1CC. The Balaban J connectivity index is 2.47. The number of nitrogens with zero attached hydrogens (tertiary/aromatic N) is 1. The van der Waals surface area contributed by atoms with Crippen LogP contribution in [-0.2, 0) is 0 Å². The van der Waals surface area contributed by atoms with E-state index in [4.69, 9.17) is 5.11 Å². The molecule has 102 valence electrons. The molecule has 3 heteroatoms. The van der Waals surface area contributed by atoms with E-state index in [-0.39, 0.29) is 0 Å². The Kier molecular flexibility index (Phi) is 7.82. The molecule has 1 aliphatic heterocycles. The fourth-order valence-electron chi connectivity index (χ4n) is 2.92. The van der Waals surface area contributed by atoms with Gasteiger partial charge in [-0.2, -0.15) is 0 Å². The molecule has 2 atom stereocenters. The lowest BCUT2D eigenvalue weighted by molar-refractivity contribution is 0.160. The molecule has 17 heavy (non-hydrogen) atoms. The maximum Gasteiger partial charge on any atom is 0.0446 e. The molecule has 3 nitrogen and oxygen atoms in total. The molecule has 0 aromatic heterocycles. The molecule has 0 amide bonds. The first-order chi connectivity index (χ1) is 8.31. The summed E-state index contributed by atoms with van der Waals surface area (Å²) in [7, 11) is 0. The van der Waals surface area contributed by atoms with Gasteiger partial charge in [0.15, 0.2) is 0 Å². The van der Waals surface area contributed by atoms with Gasteiger partial charge in [0.1, 0.15) is 0 Å². The predicted molar refractivity (Wildman–Crippen MR) is 73.3 cm³/mol. The summed E-state index contributed by atoms with van der Waals surface area (Å²) in [5.41, 5.74) is 0. The molecular formula is C14H30N2O. The number of hydrogen-bond donors (Lipinski definition) is 2.